The third-order valence-electron chi connectivity index (χ3n) is 5.72. The van der Waals surface area contributed by atoms with Crippen molar-refractivity contribution in [1.82, 2.24) is 4.90 Å². The molecule has 3 rings (SSSR count). The molecule has 0 aliphatic carbocycles. The second kappa shape index (κ2) is 8.57. The molecule has 1 saturated heterocycles. The summed E-state index contributed by atoms with van der Waals surface area (Å²) in [6, 6.07) is 13.3. The van der Waals surface area contributed by atoms with Crippen LogP contribution in [0.4, 0.5) is 11.4 Å². The first kappa shape index (κ1) is 20.1. The lowest BCUT2D eigenvalue weighted by Crippen LogP contribution is -2.53. The first-order valence-electron chi connectivity index (χ1n) is 9.84. The largest absolute Gasteiger partial charge is 0.369 e. The van der Waals surface area contributed by atoms with Crippen molar-refractivity contribution in [3.8, 4) is 0 Å². The van der Waals surface area contributed by atoms with Gasteiger partial charge in [-0.1, -0.05) is 12.1 Å². The zero-order valence-corrected chi connectivity index (χ0v) is 17.2. The van der Waals surface area contributed by atoms with Crippen LogP contribution >= 0.6 is 0 Å². The van der Waals surface area contributed by atoms with E-state index in [2.05, 4.69) is 47.2 Å². The Hall–Kier alpha value is -2.66. The Kier molecular flexibility index (Phi) is 6.15. The Balaban J connectivity index is 1.57. The number of rotatable bonds is 5. The Bertz CT molecular complexity index is 853. The van der Waals surface area contributed by atoms with Crippen molar-refractivity contribution in [2.24, 2.45) is 0 Å². The first-order valence-corrected chi connectivity index (χ1v) is 9.84. The molecule has 2 aromatic carbocycles. The third kappa shape index (κ3) is 4.42. The van der Waals surface area contributed by atoms with Crippen LogP contribution < -0.4 is 10.2 Å². The highest BCUT2D eigenvalue weighted by atomic mass is 16.2. The molecule has 1 fully saturated rings. The summed E-state index contributed by atoms with van der Waals surface area (Å²) in [5.41, 5.74) is 5.30. The Labute approximate surface area is 167 Å². The normalized spacial score (nSPS) is 15.9. The van der Waals surface area contributed by atoms with Gasteiger partial charge in [-0.25, -0.2) is 0 Å². The molecule has 0 saturated carbocycles. The number of hydrogen-bond donors (Lipinski definition) is 1. The van der Waals surface area contributed by atoms with Crippen LogP contribution in [0.5, 0.6) is 0 Å². The summed E-state index contributed by atoms with van der Waals surface area (Å²) in [4.78, 5) is 28.6. The Morgan fingerprint density at radius 2 is 1.61 bits per heavy atom. The highest BCUT2D eigenvalue weighted by Gasteiger charge is 2.26. The number of nitrogens with one attached hydrogen (secondary N) is 1. The van der Waals surface area contributed by atoms with Crippen LogP contribution in [-0.4, -0.2) is 48.8 Å². The number of piperazine rings is 1. The number of nitrogens with zero attached hydrogens (tertiary/aromatic N) is 2. The second-order valence-electron chi connectivity index (χ2n) is 7.54. The number of ketones is 1. The molecular weight excluding hydrogens is 350 g/mol. The molecule has 28 heavy (non-hydrogen) atoms. The third-order valence-corrected chi connectivity index (χ3v) is 5.72. The van der Waals surface area contributed by atoms with Crippen LogP contribution in [0, 0.1) is 13.8 Å². The fraction of sp³-hybridized carbons (Fsp3) is 0.391. The smallest absolute Gasteiger partial charge is 0.241 e. The number of carbonyl (C=O) groups is 2. The predicted molar refractivity (Wildman–Crippen MR) is 114 cm³/mol. The molecule has 1 aliphatic heterocycles. The minimum atomic E-state index is -0.201. The maximum absolute atomic E-state index is 12.6. The Morgan fingerprint density at radius 3 is 2.21 bits per heavy atom. The molecule has 1 atom stereocenters. The molecule has 5 heteroatoms. The molecule has 1 amide bonds. The summed E-state index contributed by atoms with van der Waals surface area (Å²) in [5.74, 6) is 0.00345. The highest BCUT2D eigenvalue weighted by molar-refractivity contribution is 5.97. The van der Waals surface area contributed by atoms with Crippen molar-refractivity contribution in [2.75, 3.05) is 36.4 Å². The average molecular weight is 380 g/mol. The number of Topliss-reactive ketones (excluding diaryl/α,β-unsaturated/α-hetero) is 1. The summed E-state index contributed by atoms with van der Waals surface area (Å²) in [5, 5.41) is 2.96. The molecule has 2 aromatic rings. The van der Waals surface area contributed by atoms with Gasteiger partial charge in [0.25, 0.3) is 0 Å². The monoisotopic (exact) mass is 379 g/mol. The molecule has 0 bridgehead atoms. The van der Waals surface area contributed by atoms with E-state index in [9.17, 15) is 9.59 Å². The van der Waals surface area contributed by atoms with E-state index in [-0.39, 0.29) is 17.7 Å². The lowest BCUT2D eigenvalue weighted by atomic mass is 10.1. The zero-order chi connectivity index (χ0) is 20.3. The fourth-order valence-electron chi connectivity index (χ4n) is 3.63. The van der Waals surface area contributed by atoms with E-state index >= 15 is 0 Å². The zero-order valence-electron chi connectivity index (χ0n) is 17.2. The van der Waals surface area contributed by atoms with Crippen molar-refractivity contribution in [3.63, 3.8) is 0 Å². The number of anilines is 2. The van der Waals surface area contributed by atoms with E-state index in [1.807, 2.05) is 6.92 Å². The van der Waals surface area contributed by atoms with Crippen molar-refractivity contribution >= 4 is 23.1 Å². The number of hydrogen-bond acceptors (Lipinski definition) is 4. The number of benzene rings is 2. The van der Waals surface area contributed by atoms with Gasteiger partial charge in [-0.3, -0.25) is 14.5 Å². The number of carbonyl (C=O) groups excluding carboxylic acids is 2. The quantitative estimate of drug-likeness (QED) is 0.806. The molecule has 0 unspecified atom stereocenters. The summed E-state index contributed by atoms with van der Waals surface area (Å²) in [6.45, 7) is 11.3. The van der Waals surface area contributed by atoms with Gasteiger partial charge in [-0.05, 0) is 69.2 Å². The van der Waals surface area contributed by atoms with Crippen molar-refractivity contribution < 1.29 is 9.59 Å². The van der Waals surface area contributed by atoms with Crippen LogP contribution in [0.1, 0.15) is 35.3 Å². The lowest BCUT2D eigenvalue weighted by Gasteiger charge is -2.39. The highest BCUT2D eigenvalue weighted by Crippen LogP contribution is 2.24. The van der Waals surface area contributed by atoms with Gasteiger partial charge in [0.2, 0.25) is 5.91 Å². The fourth-order valence-corrected chi connectivity index (χ4v) is 3.63. The average Bonchev–Trinajstić information content (AvgIpc) is 2.70. The van der Waals surface area contributed by atoms with Gasteiger partial charge in [0.1, 0.15) is 0 Å². The van der Waals surface area contributed by atoms with E-state index in [0.717, 1.165) is 31.9 Å². The maximum atomic E-state index is 12.6. The van der Waals surface area contributed by atoms with Gasteiger partial charge in [0.05, 0.1) is 6.04 Å². The Morgan fingerprint density at radius 1 is 0.964 bits per heavy atom. The molecule has 1 aliphatic rings. The molecule has 0 spiro atoms. The van der Waals surface area contributed by atoms with Gasteiger partial charge in [-0.2, -0.15) is 0 Å². The number of aryl methyl sites for hydroxylation is 1. The number of amides is 1. The van der Waals surface area contributed by atoms with Crippen LogP contribution in [0.25, 0.3) is 0 Å². The first-order chi connectivity index (χ1) is 13.4. The van der Waals surface area contributed by atoms with Crippen molar-refractivity contribution in [2.45, 2.75) is 33.7 Å². The SMILES string of the molecule is CC(=O)c1ccc(NC(=O)[C@@H](C)N2CCN(c3cccc(C)c3C)CC2)cc1. The standard InChI is InChI=1S/C23H29N3O2/c1-16-6-5-7-22(17(16)2)26-14-12-25(13-15-26)18(3)23(28)24-21-10-8-20(9-11-21)19(4)27/h5-11,18H,12-15H2,1-4H3,(H,24,28)/t18-/m1/s1. The van der Waals surface area contributed by atoms with Crippen LogP contribution in [0.2, 0.25) is 0 Å². The maximum Gasteiger partial charge on any atom is 0.241 e. The van der Waals surface area contributed by atoms with Crippen LogP contribution in [0.15, 0.2) is 42.5 Å². The molecule has 148 valence electrons. The molecular formula is C23H29N3O2. The molecule has 0 radical (unpaired) electrons. The van der Waals surface area contributed by atoms with Crippen molar-refractivity contribution in [3.05, 3.63) is 59.2 Å². The topological polar surface area (TPSA) is 52.7 Å². The van der Waals surface area contributed by atoms with E-state index in [0.29, 0.717) is 5.56 Å². The van der Waals surface area contributed by atoms with E-state index in [1.54, 1.807) is 24.3 Å². The predicted octanol–water partition coefficient (Wildman–Crippen LogP) is 3.66. The summed E-state index contributed by atoms with van der Waals surface area (Å²) in [7, 11) is 0. The van der Waals surface area contributed by atoms with Gasteiger partial charge in [-0.15, -0.1) is 0 Å². The van der Waals surface area contributed by atoms with Crippen LogP contribution in [-0.2, 0) is 4.79 Å². The van der Waals surface area contributed by atoms with Gasteiger partial charge < -0.3 is 10.2 Å². The van der Waals surface area contributed by atoms with Gasteiger partial charge in [0, 0.05) is 43.1 Å². The van der Waals surface area contributed by atoms with E-state index < -0.39 is 0 Å². The van der Waals surface area contributed by atoms with Gasteiger partial charge in [0.15, 0.2) is 5.78 Å². The van der Waals surface area contributed by atoms with E-state index in [1.165, 1.54) is 23.7 Å². The van der Waals surface area contributed by atoms with Crippen molar-refractivity contribution in [1.29, 1.82) is 0 Å². The molecule has 1 heterocycles. The molecule has 5 nitrogen and oxygen atoms in total. The van der Waals surface area contributed by atoms with Crippen LogP contribution in [0.3, 0.4) is 0 Å². The molecule has 1 N–H and O–H groups in total. The summed E-state index contributed by atoms with van der Waals surface area (Å²) >= 11 is 0. The lowest BCUT2D eigenvalue weighted by molar-refractivity contribution is -0.120. The second-order valence-corrected chi connectivity index (χ2v) is 7.54. The summed E-state index contributed by atoms with van der Waals surface area (Å²) < 4.78 is 0. The summed E-state index contributed by atoms with van der Waals surface area (Å²) in [6.07, 6.45) is 0. The minimum absolute atomic E-state index is 0.0178. The minimum Gasteiger partial charge on any atom is -0.369 e. The van der Waals surface area contributed by atoms with Gasteiger partial charge >= 0.3 is 0 Å². The molecule has 0 aromatic heterocycles. The van der Waals surface area contributed by atoms with E-state index in [4.69, 9.17) is 0 Å².